The molecule has 2 aromatic rings. The van der Waals surface area contributed by atoms with Crippen molar-refractivity contribution < 1.29 is 4.79 Å². The maximum atomic E-state index is 12.0. The largest absolute Gasteiger partial charge is 0.310 e. The monoisotopic (exact) mass is 272 g/mol. The van der Waals surface area contributed by atoms with Crippen LogP contribution in [-0.4, -0.2) is 16.1 Å². The molecule has 0 fully saturated rings. The van der Waals surface area contributed by atoms with Gasteiger partial charge in [-0.25, -0.2) is 4.98 Å². The highest BCUT2D eigenvalue weighted by molar-refractivity contribution is 7.99. The third-order valence-electron chi connectivity index (χ3n) is 2.63. The number of thioether (sulfide) groups is 1. The molecule has 4 heteroatoms. The molecule has 0 saturated carbocycles. The highest BCUT2D eigenvalue weighted by atomic mass is 32.2. The Morgan fingerprint density at radius 3 is 2.63 bits per heavy atom. The van der Waals surface area contributed by atoms with Crippen LogP contribution in [0.25, 0.3) is 0 Å². The minimum absolute atomic E-state index is 0.0142. The molecule has 0 bridgehead atoms. The first kappa shape index (κ1) is 13.6. The summed E-state index contributed by atoms with van der Waals surface area (Å²) in [6.45, 7) is 1.91. The molecule has 1 aromatic heterocycles. The van der Waals surface area contributed by atoms with Gasteiger partial charge in [0.2, 0.25) is 5.91 Å². The van der Waals surface area contributed by atoms with Crippen molar-refractivity contribution in [1.29, 1.82) is 0 Å². The van der Waals surface area contributed by atoms with E-state index in [2.05, 4.69) is 22.4 Å². The van der Waals surface area contributed by atoms with Crippen LogP contribution in [-0.2, 0) is 10.5 Å². The summed E-state index contributed by atoms with van der Waals surface area (Å²) in [6.07, 6.45) is 1.66. The van der Waals surface area contributed by atoms with E-state index in [4.69, 9.17) is 0 Å². The van der Waals surface area contributed by atoms with Crippen molar-refractivity contribution in [2.24, 2.45) is 0 Å². The highest BCUT2D eigenvalue weighted by Crippen LogP contribution is 2.18. The van der Waals surface area contributed by atoms with Gasteiger partial charge in [0.15, 0.2) is 0 Å². The van der Waals surface area contributed by atoms with E-state index in [1.807, 2.05) is 37.3 Å². The first-order valence-corrected chi connectivity index (χ1v) is 7.18. The van der Waals surface area contributed by atoms with Gasteiger partial charge in [-0.1, -0.05) is 36.4 Å². The summed E-state index contributed by atoms with van der Waals surface area (Å²) in [7, 11) is 0. The van der Waals surface area contributed by atoms with Gasteiger partial charge in [0, 0.05) is 11.9 Å². The number of benzene rings is 1. The Bertz CT molecular complexity index is 516. The van der Waals surface area contributed by atoms with Crippen LogP contribution in [0.2, 0.25) is 0 Å². The predicted octanol–water partition coefficient (Wildman–Crippen LogP) is 3.34. The van der Waals surface area contributed by atoms with E-state index in [1.165, 1.54) is 5.56 Å². The van der Waals surface area contributed by atoms with E-state index >= 15 is 0 Å². The molecule has 0 spiro atoms. The molecule has 0 radical (unpaired) electrons. The third kappa shape index (κ3) is 4.41. The number of carbonyl (C=O) groups excluding carboxylic acids is 1. The molecule has 1 atom stereocenters. The van der Waals surface area contributed by atoms with Crippen LogP contribution in [0.3, 0.4) is 0 Å². The Kier molecular flexibility index (Phi) is 4.98. The summed E-state index contributed by atoms with van der Waals surface area (Å²) in [5.74, 6) is 1.41. The predicted molar refractivity (Wildman–Crippen MR) is 80.1 cm³/mol. The van der Waals surface area contributed by atoms with Crippen LogP contribution >= 0.6 is 11.8 Å². The second kappa shape index (κ2) is 6.95. The Labute approximate surface area is 117 Å². The molecule has 1 unspecified atom stereocenters. The van der Waals surface area contributed by atoms with Gasteiger partial charge in [-0.05, 0) is 24.6 Å². The fourth-order valence-electron chi connectivity index (χ4n) is 1.54. The lowest BCUT2D eigenvalue weighted by molar-refractivity contribution is -0.115. The van der Waals surface area contributed by atoms with E-state index in [-0.39, 0.29) is 11.2 Å². The SMILES string of the molecule is CC(SCc1ccccc1)C(=O)Nc1ccccn1. The van der Waals surface area contributed by atoms with Crippen molar-refractivity contribution in [3.63, 3.8) is 0 Å². The summed E-state index contributed by atoms with van der Waals surface area (Å²) in [5, 5.41) is 2.70. The minimum atomic E-state index is -0.109. The maximum absolute atomic E-state index is 12.0. The quantitative estimate of drug-likeness (QED) is 0.907. The molecule has 1 aromatic carbocycles. The van der Waals surface area contributed by atoms with Gasteiger partial charge in [-0.2, -0.15) is 0 Å². The standard InChI is InChI=1S/C15H16N2OS/c1-12(19-11-13-7-3-2-4-8-13)15(18)17-14-9-5-6-10-16-14/h2-10,12H,11H2,1H3,(H,16,17,18). The number of rotatable bonds is 5. The number of pyridine rings is 1. The Morgan fingerprint density at radius 1 is 1.21 bits per heavy atom. The zero-order valence-corrected chi connectivity index (χ0v) is 11.6. The molecule has 0 saturated heterocycles. The summed E-state index contributed by atoms with van der Waals surface area (Å²) in [5.41, 5.74) is 1.23. The van der Waals surface area contributed by atoms with E-state index < -0.39 is 0 Å². The van der Waals surface area contributed by atoms with Gasteiger partial charge >= 0.3 is 0 Å². The Morgan fingerprint density at radius 2 is 1.95 bits per heavy atom. The molecule has 98 valence electrons. The lowest BCUT2D eigenvalue weighted by Gasteiger charge is -2.11. The molecule has 2 rings (SSSR count). The van der Waals surface area contributed by atoms with E-state index in [0.717, 1.165) is 5.75 Å². The van der Waals surface area contributed by atoms with Crippen molar-refractivity contribution in [3.05, 3.63) is 60.3 Å². The fourth-order valence-corrected chi connectivity index (χ4v) is 2.38. The lowest BCUT2D eigenvalue weighted by atomic mass is 10.2. The number of nitrogens with zero attached hydrogens (tertiary/aromatic N) is 1. The second-order valence-corrected chi connectivity index (χ2v) is 5.47. The number of hydrogen-bond donors (Lipinski definition) is 1. The van der Waals surface area contributed by atoms with Crippen LogP contribution in [0.1, 0.15) is 12.5 Å². The summed E-state index contributed by atoms with van der Waals surface area (Å²) in [4.78, 5) is 16.0. The summed E-state index contributed by atoms with van der Waals surface area (Å²) < 4.78 is 0. The van der Waals surface area contributed by atoms with Gasteiger partial charge < -0.3 is 5.32 Å². The lowest BCUT2D eigenvalue weighted by Crippen LogP contribution is -2.23. The Hall–Kier alpha value is -1.81. The van der Waals surface area contributed by atoms with Gasteiger partial charge in [0.25, 0.3) is 0 Å². The van der Waals surface area contributed by atoms with Crippen molar-refractivity contribution in [2.45, 2.75) is 17.9 Å². The average molecular weight is 272 g/mol. The number of aromatic nitrogens is 1. The van der Waals surface area contributed by atoms with E-state index in [9.17, 15) is 4.79 Å². The minimum Gasteiger partial charge on any atom is -0.310 e. The van der Waals surface area contributed by atoms with Gasteiger partial charge in [-0.15, -0.1) is 11.8 Å². The van der Waals surface area contributed by atoms with Crippen molar-refractivity contribution in [2.75, 3.05) is 5.32 Å². The van der Waals surface area contributed by atoms with Crippen molar-refractivity contribution in [1.82, 2.24) is 4.98 Å². The van der Waals surface area contributed by atoms with Crippen LogP contribution in [0.5, 0.6) is 0 Å². The zero-order valence-electron chi connectivity index (χ0n) is 10.7. The molecule has 1 N–H and O–H groups in total. The molecule has 0 aliphatic rings. The first-order valence-electron chi connectivity index (χ1n) is 6.13. The first-order chi connectivity index (χ1) is 9.25. The summed E-state index contributed by atoms with van der Waals surface area (Å²) >= 11 is 1.62. The van der Waals surface area contributed by atoms with Gasteiger partial charge in [0.1, 0.15) is 5.82 Å². The number of nitrogens with one attached hydrogen (secondary N) is 1. The number of hydrogen-bond acceptors (Lipinski definition) is 3. The second-order valence-electron chi connectivity index (χ2n) is 4.14. The number of amides is 1. The fraction of sp³-hybridized carbons (Fsp3) is 0.200. The number of anilines is 1. The molecule has 1 heterocycles. The molecule has 0 aliphatic heterocycles. The van der Waals surface area contributed by atoms with E-state index in [1.54, 1.807) is 24.0 Å². The van der Waals surface area contributed by atoms with Crippen LogP contribution in [0.15, 0.2) is 54.7 Å². The van der Waals surface area contributed by atoms with Crippen molar-refractivity contribution in [3.8, 4) is 0 Å². The molecule has 0 aliphatic carbocycles. The number of carbonyl (C=O) groups is 1. The maximum Gasteiger partial charge on any atom is 0.238 e. The van der Waals surface area contributed by atoms with Crippen molar-refractivity contribution >= 4 is 23.5 Å². The molecule has 1 amide bonds. The topological polar surface area (TPSA) is 42.0 Å². The third-order valence-corrected chi connectivity index (χ3v) is 3.84. The van der Waals surface area contributed by atoms with Crippen LogP contribution < -0.4 is 5.32 Å². The van der Waals surface area contributed by atoms with Crippen LogP contribution in [0.4, 0.5) is 5.82 Å². The smallest absolute Gasteiger partial charge is 0.238 e. The molecule has 19 heavy (non-hydrogen) atoms. The molecular weight excluding hydrogens is 256 g/mol. The van der Waals surface area contributed by atoms with Gasteiger partial charge in [0.05, 0.1) is 5.25 Å². The highest BCUT2D eigenvalue weighted by Gasteiger charge is 2.13. The molecule has 3 nitrogen and oxygen atoms in total. The van der Waals surface area contributed by atoms with Gasteiger partial charge in [-0.3, -0.25) is 4.79 Å². The molecular formula is C15H16N2OS. The summed E-state index contributed by atoms with van der Waals surface area (Å²) in [6, 6.07) is 15.6. The zero-order chi connectivity index (χ0) is 13.5. The van der Waals surface area contributed by atoms with Crippen LogP contribution in [0, 0.1) is 0 Å². The van der Waals surface area contributed by atoms with E-state index in [0.29, 0.717) is 5.82 Å². The average Bonchev–Trinajstić information content (AvgIpc) is 2.47. The normalized spacial score (nSPS) is 11.8. The Balaban J connectivity index is 1.83.